The molecule has 0 saturated heterocycles. The first-order chi connectivity index (χ1) is 6.12. The number of hydrogen-bond acceptors (Lipinski definition) is 6. The molecule has 11 heteroatoms. The molecule has 2 unspecified atom stereocenters. The highest BCUT2D eigenvalue weighted by atomic mass is 33.2. The minimum Gasteiger partial charge on any atom is -0.480 e. The SMILES string of the molecule is NC(CS)C(=O)O.O=S(O)S(=O)(=O)O. The molecule has 5 N–H and O–H groups in total. The fraction of sp³-hybridized carbons (Fsp3) is 0.667. The van der Waals surface area contributed by atoms with Gasteiger partial charge in [0.15, 0.2) is 0 Å². The van der Waals surface area contributed by atoms with E-state index in [9.17, 15) is 17.4 Å². The van der Waals surface area contributed by atoms with Crippen molar-refractivity contribution in [3.05, 3.63) is 0 Å². The van der Waals surface area contributed by atoms with E-state index in [2.05, 4.69) is 12.6 Å². The fourth-order valence-electron chi connectivity index (χ4n) is 0.0781. The van der Waals surface area contributed by atoms with Crippen molar-refractivity contribution in [1.29, 1.82) is 0 Å². The summed E-state index contributed by atoms with van der Waals surface area (Å²) in [7, 11) is -7.87. The summed E-state index contributed by atoms with van der Waals surface area (Å²) in [6.45, 7) is 0. The van der Waals surface area contributed by atoms with Gasteiger partial charge in [-0.1, -0.05) is 0 Å². The van der Waals surface area contributed by atoms with Gasteiger partial charge >= 0.3 is 25.2 Å². The van der Waals surface area contributed by atoms with E-state index >= 15 is 0 Å². The van der Waals surface area contributed by atoms with Gasteiger partial charge in [0.2, 0.25) is 0 Å². The standard InChI is InChI=1S/C3H7NO2S.H2O5S2/c4-2(1-7)3(5)6;1-6(2)7(3,4)5/h2,7H,1,4H2,(H,5,6);(H,1,2)(H,3,4,5). The molecule has 0 aliphatic carbocycles. The molecule has 0 aromatic carbocycles. The smallest absolute Gasteiger partial charge is 0.373 e. The maximum absolute atomic E-state index is 9.76. The van der Waals surface area contributed by atoms with E-state index in [-0.39, 0.29) is 5.75 Å². The Hall–Kier alpha value is -0.200. The van der Waals surface area contributed by atoms with E-state index in [1.165, 1.54) is 0 Å². The predicted molar refractivity (Wildman–Crippen MR) is 51.8 cm³/mol. The second-order valence-corrected chi connectivity index (χ2v) is 5.55. The predicted octanol–water partition coefficient (Wildman–Crippen LogP) is -1.66. The van der Waals surface area contributed by atoms with Crippen molar-refractivity contribution < 1.29 is 31.6 Å². The molecule has 0 amide bonds. The van der Waals surface area contributed by atoms with Crippen LogP contribution in [0.15, 0.2) is 0 Å². The number of nitrogens with two attached hydrogens (primary N) is 1. The minimum atomic E-state index is -4.71. The zero-order valence-electron chi connectivity index (χ0n) is 6.60. The Balaban J connectivity index is 0. The Morgan fingerprint density at radius 1 is 1.57 bits per heavy atom. The lowest BCUT2D eigenvalue weighted by atomic mass is 10.4. The molecule has 0 aromatic heterocycles. The van der Waals surface area contributed by atoms with Gasteiger partial charge in [-0.2, -0.15) is 21.0 Å². The Bertz CT molecular complexity index is 297. The quantitative estimate of drug-likeness (QED) is 0.176. The molecule has 0 bridgehead atoms. The van der Waals surface area contributed by atoms with Crippen molar-refractivity contribution >= 4 is 37.9 Å². The van der Waals surface area contributed by atoms with Crippen LogP contribution < -0.4 is 5.73 Å². The second-order valence-electron chi connectivity index (χ2n) is 1.77. The van der Waals surface area contributed by atoms with Crippen molar-refractivity contribution in [3.8, 4) is 0 Å². The molecule has 0 aliphatic rings. The van der Waals surface area contributed by atoms with Gasteiger partial charge in [0.1, 0.15) is 6.04 Å². The molecule has 8 nitrogen and oxygen atoms in total. The maximum Gasteiger partial charge on any atom is 0.373 e. The number of rotatable bonds is 3. The van der Waals surface area contributed by atoms with E-state index in [1.54, 1.807) is 0 Å². The van der Waals surface area contributed by atoms with Crippen LogP contribution in [0, 0.1) is 0 Å². The van der Waals surface area contributed by atoms with Gasteiger partial charge in [-0.05, 0) is 0 Å². The number of hydrogen-bond donors (Lipinski definition) is 5. The van der Waals surface area contributed by atoms with Crippen LogP contribution in [0.3, 0.4) is 0 Å². The van der Waals surface area contributed by atoms with Crippen LogP contribution in [0.1, 0.15) is 0 Å². The summed E-state index contributed by atoms with van der Waals surface area (Å²) < 4.78 is 43.0. The molecule has 0 fully saturated rings. The normalized spacial score (nSPS) is 14.9. The third-order valence-corrected chi connectivity index (χ3v) is 2.53. The number of carboxylic acids is 1. The molecule has 0 aliphatic heterocycles. The summed E-state index contributed by atoms with van der Waals surface area (Å²) in [5.41, 5.74) is 4.94. The zero-order chi connectivity index (χ0) is 11.9. The molecule has 0 rings (SSSR count). The van der Waals surface area contributed by atoms with Crippen LogP contribution in [0.25, 0.3) is 0 Å². The topological polar surface area (TPSA) is 155 Å². The number of carboxylic acid groups (broad SMARTS) is 1. The van der Waals surface area contributed by atoms with Crippen molar-refractivity contribution in [1.82, 2.24) is 0 Å². The average molecular weight is 267 g/mol. The van der Waals surface area contributed by atoms with Crippen LogP contribution >= 0.6 is 12.6 Å². The van der Waals surface area contributed by atoms with E-state index in [1.807, 2.05) is 0 Å². The Morgan fingerprint density at radius 3 is 1.86 bits per heavy atom. The molecule has 86 valence electrons. The maximum atomic E-state index is 9.76. The lowest BCUT2D eigenvalue weighted by Gasteiger charge is -1.96. The van der Waals surface area contributed by atoms with E-state index in [0.717, 1.165) is 0 Å². The first-order valence-electron chi connectivity index (χ1n) is 2.81. The number of thiol groups is 1. The van der Waals surface area contributed by atoms with Gasteiger partial charge in [-0.3, -0.25) is 13.9 Å². The number of carbonyl (C=O) groups is 1. The first kappa shape index (κ1) is 16.2. The van der Waals surface area contributed by atoms with Gasteiger partial charge in [0.05, 0.1) is 0 Å². The lowest BCUT2D eigenvalue weighted by Crippen LogP contribution is -2.31. The summed E-state index contributed by atoms with van der Waals surface area (Å²) in [6, 6.07) is -0.816. The Kier molecular flexibility index (Phi) is 8.28. The monoisotopic (exact) mass is 267 g/mol. The van der Waals surface area contributed by atoms with Gasteiger partial charge < -0.3 is 10.8 Å². The molecule has 14 heavy (non-hydrogen) atoms. The lowest BCUT2D eigenvalue weighted by molar-refractivity contribution is -0.137. The van der Waals surface area contributed by atoms with Gasteiger partial charge in [-0.15, -0.1) is 0 Å². The van der Waals surface area contributed by atoms with Crippen molar-refractivity contribution in [3.63, 3.8) is 0 Å². The van der Waals surface area contributed by atoms with Crippen molar-refractivity contribution in [2.75, 3.05) is 5.75 Å². The van der Waals surface area contributed by atoms with Crippen LogP contribution in [-0.2, 0) is 24.1 Å². The molecule has 0 aromatic rings. The minimum absolute atomic E-state index is 0.190. The van der Waals surface area contributed by atoms with Crippen LogP contribution in [0.4, 0.5) is 0 Å². The van der Waals surface area contributed by atoms with Crippen molar-refractivity contribution in [2.45, 2.75) is 6.04 Å². The van der Waals surface area contributed by atoms with Crippen LogP contribution in [-0.4, -0.2) is 44.6 Å². The Morgan fingerprint density at radius 2 is 1.86 bits per heavy atom. The molecule has 2 atom stereocenters. The molecule has 0 saturated carbocycles. The van der Waals surface area contributed by atoms with E-state index in [0.29, 0.717) is 0 Å². The highest BCUT2D eigenvalue weighted by Gasteiger charge is 2.10. The molecular weight excluding hydrogens is 258 g/mol. The highest BCUT2D eigenvalue weighted by Crippen LogP contribution is 1.83. The summed E-state index contributed by atoms with van der Waals surface area (Å²) in [4.78, 5) is 9.76. The zero-order valence-corrected chi connectivity index (χ0v) is 9.13. The van der Waals surface area contributed by atoms with Gasteiger partial charge in [0.25, 0.3) is 0 Å². The summed E-state index contributed by atoms with van der Waals surface area (Å²) in [5.74, 6) is -0.815. The summed E-state index contributed by atoms with van der Waals surface area (Å²) in [6.07, 6.45) is 0. The third-order valence-electron chi connectivity index (χ3n) is 0.694. The summed E-state index contributed by atoms with van der Waals surface area (Å²) in [5, 5.41) is 8.01. The van der Waals surface area contributed by atoms with Gasteiger partial charge in [0, 0.05) is 5.75 Å². The van der Waals surface area contributed by atoms with E-state index < -0.39 is 31.3 Å². The third kappa shape index (κ3) is 9.88. The fourth-order valence-corrected chi connectivity index (χ4v) is 0.234. The largest absolute Gasteiger partial charge is 0.480 e. The average Bonchev–Trinajstić information content (AvgIpc) is 2.02. The van der Waals surface area contributed by atoms with E-state index in [4.69, 9.17) is 19.9 Å². The Labute approximate surface area is 87.3 Å². The molecule has 0 spiro atoms. The molecule has 0 radical (unpaired) electrons. The second kappa shape index (κ2) is 7.14. The van der Waals surface area contributed by atoms with Gasteiger partial charge in [-0.25, -0.2) is 4.21 Å². The van der Waals surface area contributed by atoms with Crippen LogP contribution in [0.5, 0.6) is 0 Å². The van der Waals surface area contributed by atoms with Crippen LogP contribution in [0.2, 0.25) is 0 Å². The molecule has 0 heterocycles. The summed E-state index contributed by atoms with van der Waals surface area (Å²) >= 11 is 3.65. The van der Waals surface area contributed by atoms with Crippen molar-refractivity contribution in [2.24, 2.45) is 5.73 Å². The molecular formula is C3H9NO7S3. The highest BCUT2D eigenvalue weighted by molar-refractivity contribution is 8.59. The first-order valence-corrected chi connectivity index (χ1v) is 6.50. The number of aliphatic carboxylic acids is 1.